The van der Waals surface area contributed by atoms with E-state index in [1.165, 1.54) is 37.5 Å². The van der Waals surface area contributed by atoms with Crippen molar-refractivity contribution in [1.82, 2.24) is 9.88 Å². The molecule has 1 aliphatic rings. The Morgan fingerprint density at radius 2 is 2.03 bits per heavy atom. The molecule has 148 valence electrons. The predicted molar refractivity (Wildman–Crippen MR) is 119 cm³/mol. The number of aryl methyl sites for hydroxylation is 1. The minimum atomic E-state index is 0.654. The number of rotatable bonds is 4. The summed E-state index contributed by atoms with van der Waals surface area (Å²) in [4.78, 5) is 8.54. The van der Waals surface area contributed by atoms with E-state index in [-0.39, 0.29) is 0 Å². The molecular formula is C24H24N2O2S. The second-order valence-electron chi connectivity index (χ2n) is 7.52. The molecule has 4 nitrogen and oxygen atoms in total. The molecule has 1 aliphatic heterocycles. The van der Waals surface area contributed by atoms with Gasteiger partial charge in [0.15, 0.2) is 11.5 Å². The zero-order chi connectivity index (χ0) is 19.8. The van der Waals surface area contributed by atoms with Gasteiger partial charge in [-0.1, -0.05) is 18.2 Å². The standard InChI is InChI=1S/C24H24N2O2S/c1-16-7-8-23(29-16)18-11-19-14-26(9-10-28-24(19)22(13-18)27-2)15-20-12-17-5-3-4-6-21(17)25-20/h3-8,11-13,25H,9-10,14-15H2,1-2H3. The van der Waals surface area contributed by atoms with Gasteiger partial charge >= 0.3 is 0 Å². The van der Waals surface area contributed by atoms with Crippen molar-refractivity contribution in [2.45, 2.75) is 20.0 Å². The highest BCUT2D eigenvalue weighted by Crippen LogP contribution is 2.40. The summed E-state index contributed by atoms with van der Waals surface area (Å²) < 4.78 is 11.8. The van der Waals surface area contributed by atoms with E-state index in [4.69, 9.17) is 9.47 Å². The molecule has 0 spiro atoms. The molecule has 2 aromatic heterocycles. The highest BCUT2D eigenvalue weighted by atomic mass is 32.1. The average Bonchev–Trinajstić information content (AvgIpc) is 3.28. The molecule has 2 aromatic carbocycles. The maximum atomic E-state index is 6.12. The molecule has 4 aromatic rings. The topological polar surface area (TPSA) is 37.5 Å². The molecule has 0 bridgehead atoms. The molecule has 0 saturated heterocycles. The van der Waals surface area contributed by atoms with Crippen LogP contribution < -0.4 is 9.47 Å². The van der Waals surface area contributed by atoms with Gasteiger partial charge in [0, 0.05) is 46.2 Å². The maximum Gasteiger partial charge on any atom is 0.165 e. The van der Waals surface area contributed by atoms with Crippen molar-refractivity contribution in [2.75, 3.05) is 20.3 Å². The van der Waals surface area contributed by atoms with E-state index in [2.05, 4.69) is 71.4 Å². The summed E-state index contributed by atoms with van der Waals surface area (Å²) in [5.41, 5.74) is 4.78. The molecule has 0 unspecified atom stereocenters. The van der Waals surface area contributed by atoms with Crippen molar-refractivity contribution in [2.24, 2.45) is 0 Å². The SMILES string of the molecule is COc1cc(-c2ccc(C)s2)cc2c1OCCN(Cc1cc3ccccc3[nH]1)C2. The van der Waals surface area contributed by atoms with E-state index in [1.54, 1.807) is 18.4 Å². The van der Waals surface area contributed by atoms with E-state index < -0.39 is 0 Å². The van der Waals surface area contributed by atoms with Crippen LogP contribution in [0.15, 0.2) is 54.6 Å². The number of hydrogen-bond acceptors (Lipinski definition) is 4. The third-order valence-corrected chi connectivity index (χ3v) is 6.45. The van der Waals surface area contributed by atoms with Crippen LogP contribution >= 0.6 is 11.3 Å². The summed E-state index contributed by atoms with van der Waals surface area (Å²) in [5.74, 6) is 1.69. The smallest absolute Gasteiger partial charge is 0.165 e. The zero-order valence-electron chi connectivity index (χ0n) is 16.7. The second-order valence-corrected chi connectivity index (χ2v) is 8.81. The van der Waals surface area contributed by atoms with Crippen molar-refractivity contribution in [3.63, 3.8) is 0 Å². The van der Waals surface area contributed by atoms with Crippen LogP contribution in [0.25, 0.3) is 21.3 Å². The first-order valence-electron chi connectivity index (χ1n) is 9.89. The lowest BCUT2D eigenvalue weighted by atomic mass is 10.1. The summed E-state index contributed by atoms with van der Waals surface area (Å²) in [5, 5.41) is 1.26. The van der Waals surface area contributed by atoms with E-state index in [0.29, 0.717) is 6.61 Å². The molecule has 29 heavy (non-hydrogen) atoms. The molecule has 0 radical (unpaired) electrons. The van der Waals surface area contributed by atoms with Crippen LogP contribution in [0.1, 0.15) is 16.1 Å². The molecule has 0 saturated carbocycles. The van der Waals surface area contributed by atoms with Crippen molar-refractivity contribution in [3.05, 3.63) is 70.7 Å². The number of ether oxygens (including phenoxy) is 2. The van der Waals surface area contributed by atoms with Crippen LogP contribution in [0, 0.1) is 6.92 Å². The van der Waals surface area contributed by atoms with Gasteiger partial charge in [-0.25, -0.2) is 0 Å². The minimum absolute atomic E-state index is 0.654. The number of aromatic nitrogens is 1. The number of methoxy groups -OCH3 is 1. The van der Waals surface area contributed by atoms with Gasteiger partial charge in [0.05, 0.1) is 7.11 Å². The van der Waals surface area contributed by atoms with Crippen molar-refractivity contribution in [1.29, 1.82) is 0 Å². The van der Waals surface area contributed by atoms with Crippen molar-refractivity contribution in [3.8, 4) is 21.9 Å². The quantitative estimate of drug-likeness (QED) is 0.480. The third-order valence-electron chi connectivity index (χ3n) is 5.40. The highest BCUT2D eigenvalue weighted by Gasteiger charge is 2.21. The summed E-state index contributed by atoms with van der Waals surface area (Å²) in [7, 11) is 1.72. The lowest BCUT2D eigenvalue weighted by Crippen LogP contribution is -2.25. The fourth-order valence-corrected chi connectivity index (χ4v) is 4.87. The molecule has 0 amide bonds. The maximum absolute atomic E-state index is 6.12. The second kappa shape index (κ2) is 7.58. The molecule has 1 N–H and O–H groups in total. The molecule has 5 heteroatoms. The summed E-state index contributed by atoms with van der Waals surface area (Å²) in [6.07, 6.45) is 0. The van der Waals surface area contributed by atoms with Crippen molar-refractivity contribution >= 4 is 22.2 Å². The Bertz CT molecular complexity index is 1130. The van der Waals surface area contributed by atoms with E-state index in [1.807, 2.05) is 0 Å². The Labute approximate surface area is 174 Å². The zero-order valence-corrected chi connectivity index (χ0v) is 17.5. The predicted octanol–water partition coefficient (Wildman–Crippen LogP) is 5.61. The number of nitrogens with one attached hydrogen (secondary N) is 1. The van der Waals surface area contributed by atoms with Gasteiger partial charge < -0.3 is 14.5 Å². The minimum Gasteiger partial charge on any atom is -0.493 e. The van der Waals surface area contributed by atoms with Gasteiger partial charge in [-0.3, -0.25) is 4.90 Å². The van der Waals surface area contributed by atoms with Crippen LogP contribution in [0.5, 0.6) is 11.5 Å². The van der Waals surface area contributed by atoms with Gasteiger partial charge in [0.2, 0.25) is 0 Å². The lowest BCUT2D eigenvalue weighted by molar-refractivity contribution is 0.215. The van der Waals surface area contributed by atoms with E-state index in [9.17, 15) is 0 Å². The summed E-state index contributed by atoms with van der Waals surface area (Å²) in [6, 6.07) is 19.4. The van der Waals surface area contributed by atoms with Crippen LogP contribution in [-0.2, 0) is 13.1 Å². The number of benzene rings is 2. The normalized spacial score (nSPS) is 14.4. The molecule has 0 atom stereocenters. The van der Waals surface area contributed by atoms with Crippen LogP contribution in [0.3, 0.4) is 0 Å². The van der Waals surface area contributed by atoms with Gasteiger partial charge in [-0.2, -0.15) is 0 Å². The Hall–Kier alpha value is -2.76. The van der Waals surface area contributed by atoms with Gasteiger partial charge in [0.25, 0.3) is 0 Å². The average molecular weight is 405 g/mol. The first-order valence-corrected chi connectivity index (χ1v) is 10.7. The Kier molecular flexibility index (Phi) is 4.78. The first-order chi connectivity index (χ1) is 14.2. The first kappa shape index (κ1) is 18.3. The molecule has 3 heterocycles. The van der Waals surface area contributed by atoms with Crippen LogP contribution in [0.2, 0.25) is 0 Å². The van der Waals surface area contributed by atoms with Gasteiger partial charge in [-0.05, 0) is 54.3 Å². The molecular weight excluding hydrogens is 380 g/mol. The van der Waals surface area contributed by atoms with E-state index in [0.717, 1.165) is 31.1 Å². The fraction of sp³-hybridized carbons (Fsp3) is 0.250. The number of H-pyrrole nitrogens is 1. The fourth-order valence-electron chi connectivity index (χ4n) is 4.02. The summed E-state index contributed by atoms with van der Waals surface area (Å²) >= 11 is 1.81. The van der Waals surface area contributed by atoms with Gasteiger partial charge in [-0.15, -0.1) is 11.3 Å². The monoisotopic (exact) mass is 404 g/mol. The van der Waals surface area contributed by atoms with Gasteiger partial charge in [0.1, 0.15) is 6.61 Å². The Morgan fingerprint density at radius 3 is 2.83 bits per heavy atom. The summed E-state index contributed by atoms with van der Waals surface area (Å²) in [6.45, 7) is 5.36. The highest BCUT2D eigenvalue weighted by molar-refractivity contribution is 7.15. The number of nitrogens with zero attached hydrogens (tertiary/aromatic N) is 1. The Morgan fingerprint density at radius 1 is 1.14 bits per heavy atom. The molecule has 5 rings (SSSR count). The van der Waals surface area contributed by atoms with Crippen LogP contribution in [-0.4, -0.2) is 30.1 Å². The third kappa shape index (κ3) is 3.63. The Balaban J connectivity index is 1.46. The number of thiophene rings is 1. The lowest BCUT2D eigenvalue weighted by Gasteiger charge is -2.19. The van der Waals surface area contributed by atoms with Crippen LogP contribution in [0.4, 0.5) is 0 Å². The number of para-hydroxylation sites is 1. The van der Waals surface area contributed by atoms with Crippen molar-refractivity contribution < 1.29 is 9.47 Å². The van der Waals surface area contributed by atoms with E-state index >= 15 is 0 Å². The number of fused-ring (bicyclic) bond motifs is 2. The largest absolute Gasteiger partial charge is 0.493 e. The molecule has 0 aliphatic carbocycles. The molecule has 0 fully saturated rings. The number of hydrogen-bond donors (Lipinski definition) is 1. The number of aromatic amines is 1.